The van der Waals surface area contributed by atoms with Crippen LogP contribution in [0.3, 0.4) is 0 Å². The number of morpholine rings is 1. The van der Waals surface area contributed by atoms with Crippen LogP contribution < -0.4 is 10.2 Å². The summed E-state index contributed by atoms with van der Waals surface area (Å²) in [6.07, 6.45) is 3.52. The number of carbonyl (C=O) groups excluding carboxylic acids is 1. The quantitative estimate of drug-likeness (QED) is 0.775. The van der Waals surface area contributed by atoms with Crippen molar-refractivity contribution in [3.63, 3.8) is 0 Å². The Kier molecular flexibility index (Phi) is 6.39. The molecule has 0 saturated carbocycles. The summed E-state index contributed by atoms with van der Waals surface area (Å²) in [6, 6.07) is 14.3. The van der Waals surface area contributed by atoms with Gasteiger partial charge in [-0.3, -0.25) is 4.79 Å². The topological polar surface area (TPSA) is 42.8 Å². The van der Waals surface area contributed by atoms with Crippen molar-refractivity contribution in [1.82, 2.24) is 5.32 Å². The third-order valence-corrected chi connectivity index (χ3v) is 5.34. The van der Waals surface area contributed by atoms with E-state index in [1.54, 1.807) is 17.4 Å². The van der Waals surface area contributed by atoms with E-state index in [1.165, 1.54) is 9.78 Å². The molecule has 132 valence electrons. The van der Waals surface area contributed by atoms with Gasteiger partial charge in [-0.05, 0) is 30.7 Å². The van der Waals surface area contributed by atoms with Crippen LogP contribution in [0.1, 0.15) is 21.4 Å². The molecule has 0 aliphatic carbocycles. The van der Waals surface area contributed by atoms with Crippen LogP contribution in [-0.4, -0.2) is 38.8 Å². The van der Waals surface area contributed by atoms with Crippen LogP contribution in [0, 0.1) is 6.92 Å². The third kappa shape index (κ3) is 5.53. The maximum absolute atomic E-state index is 12.4. The van der Waals surface area contributed by atoms with E-state index in [9.17, 15) is 4.79 Å². The van der Waals surface area contributed by atoms with Crippen molar-refractivity contribution in [2.24, 2.45) is 0 Å². The Morgan fingerprint density at radius 3 is 2.68 bits per heavy atom. The standard InChI is InChI=1S/C20H24N2O2S/c1-16-7-8-18(25-16)9-10-20(23)21-19(17-5-3-2-4-6-17)15-22-11-13-24-14-12-22/h2-10,19H,11-15H2,1H3,(H,21,23)/p+1/b10-9+/t19-/m1/s1. The maximum atomic E-state index is 12.4. The van der Waals surface area contributed by atoms with Crippen molar-refractivity contribution in [3.05, 3.63) is 63.9 Å². The molecule has 2 aromatic rings. The largest absolute Gasteiger partial charge is 0.370 e. The Hall–Kier alpha value is -1.95. The van der Waals surface area contributed by atoms with Gasteiger partial charge in [0.2, 0.25) is 5.91 Å². The van der Waals surface area contributed by atoms with Crippen LogP contribution in [-0.2, 0) is 9.53 Å². The van der Waals surface area contributed by atoms with Crippen LogP contribution in [0.5, 0.6) is 0 Å². The number of carbonyl (C=O) groups is 1. The number of benzene rings is 1. The lowest BCUT2D eigenvalue weighted by Crippen LogP contribution is -3.14. The van der Waals surface area contributed by atoms with Gasteiger partial charge in [0.15, 0.2) is 0 Å². The number of amides is 1. The highest BCUT2D eigenvalue weighted by atomic mass is 32.1. The Bertz CT molecular complexity index is 705. The molecule has 1 aromatic heterocycles. The molecule has 2 heterocycles. The minimum atomic E-state index is -0.0486. The van der Waals surface area contributed by atoms with Gasteiger partial charge in [-0.1, -0.05) is 30.3 Å². The van der Waals surface area contributed by atoms with Crippen LogP contribution in [0.2, 0.25) is 0 Å². The number of hydrogen-bond acceptors (Lipinski definition) is 3. The molecule has 0 bridgehead atoms. The molecule has 1 aliphatic rings. The third-order valence-electron chi connectivity index (χ3n) is 4.37. The summed E-state index contributed by atoms with van der Waals surface area (Å²) >= 11 is 1.69. The SMILES string of the molecule is Cc1ccc(/C=C/C(=O)N[C@H](C[NH+]2CCOCC2)c2ccccc2)s1. The van der Waals surface area contributed by atoms with Gasteiger partial charge in [0, 0.05) is 15.8 Å². The Labute approximate surface area is 153 Å². The Morgan fingerprint density at radius 2 is 2.00 bits per heavy atom. The first kappa shape index (κ1) is 17.9. The molecule has 1 aromatic carbocycles. The fraction of sp³-hybridized carbons (Fsp3) is 0.350. The number of hydrogen-bond donors (Lipinski definition) is 2. The van der Waals surface area contributed by atoms with Crippen molar-refractivity contribution in [2.75, 3.05) is 32.8 Å². The molecule has 5 heteroatoms. The number of nitrogens with one attached hydrogen (secondary N) is 2. The Morgan fingerprint density at radius 1 is 1.24 bits per heavy atom. The monoisotopic (exact) mass is 357 g/mol. The van der Waals surface area contributed by atoms with E-state index in [4.69, 9.17) is 4.74 Å². The van der Waals surface area contributed by atoms with Crippen LogP contribution in [0.4, 0.5) is 0 Å². The van der Waals surface area contributed by atoms with Gasteiger partial charge < -0.3 is 15.0 Å². The molecular weight excluding hydrogens is 332 g/mol. The molecule has 0 spiro atoms. The van der Waals surface area contributed by atoms with Gasteiger partial charge in [0.05, 0.1) is 13.2 Å². The van der Waals surface area contributed by atoms with Crippen LogP contribution >= 0.6 is 11.3 Å². The van der Waals surface area contributed by atoms with Crippen LogP contribution in [0.25, 0.3) is 6.08 Å². The molecule has 1 aliphatic heterocycles. The van der Waals surface area contributed by atoms with Gasteiger partial charge in [-0.15, -0.1) is 11.3 Å². The second-order valence-electron chi connectivity index (χ2n) is 6.32. The summed E-state index contributed by atoms with van der Waals surface area (Å²) in [6.45, 7) is 6.52. The molecule has 25 heavy (non-hydrogen) atoms. The second-order valence-corrected chi connectivity index (χ2v) is 7.64. The van der Waals surface area contributed by atoms with Gasteiger partial charge >= 0.3 is 0 Å². The predicted octanol–water partition coefficient (Wildman–Crippen LogP) is 1.84. The minimum absolute atomic E-state index is 0.0107. The highest BCUT2D eigenvalue weighted by molar-refractivity contribution is 7.12. The van der Waals surface area contributed by atoms with E-state index in [-0.39, 0.29) is 11.9 Å². The average Bonchev–Trinajstić information content (AvgIpc) is 3.06. The van der Waals surface area contributed by atoms with E-state index in [0.717, 1.165) is 43.3 Å². The fourth-order valence-corrected chi connectivity index (χ4v) is 3.79. The highest BCUT2D eigenvalue weighted by Crippen LogP contribution is 2.16. The number of thiophene rings is 1. The van der Waals surface area contributed by atoms with Crippen molar-refractivity contribution in [2.45, 2.75) is 13.0 Å². The lowest BCUT2D eigenvalue weighted by atomic mass is 10.1. The summed E-state index contributed by atoms with van der Waals surface area (Å²) in [4.78, 5) is 16.2. The van der Waals surface area contributed by atoms with Crippen molar-refractivity contribution in [3.8, 4) is 0 Å². The van der Waals surface area contributed by atoms with Gasteiger partial charge in [0.1, 0.15) is 25.7 Å². The first-order chi connectivity index (χ1) is 12.2. The van der Waals surface area contributed by atoms with Gasteiger partial charge in [0.25, 0.3) is 0 Å². The summed E-state index contributed by atoms with van der Waals surface area (Å²) in [5.41, 5.74) is 1.15. The summed E-state index contributed by atoms with van der Waals surface area (Å²) in [5.74, 6) is -0.0486. The second kappa shape index (κ2) is 8.94. The van der Waals surface area contributed by atoms with Crippen molar-refractivity contribution in [1.29, 1.82) is 0 Å². The first-order valence-electron chi connectivity index (χ1n) is 8.72. The maximum Gasteiger partial charge on any atom is 0.244 e. The van der Waals surface area contributed by atoms with Crippen LogP contribution in [0.15, 0.2) is 48.5 Å². The molecule has 0 unspecified atom stereocenters. The number of quaternary nitrogens is 1. The summed E-state index contributed by atoms with van der Waals surface area (Å²) in [7, 11) is 0. The van der Waals surface area contributed by atoms with E-state index in [1.807, 2.05) is 30.3 Å². The van der Waals surface area contributed by atoms with Gasteiger partial charge in [-0.2, -0.15) is 0 Å². The molecule has 1 amide bonds. The molecule has 0 radical (unpaired) electrons. The van der Waals surface area contributed by atoms with Crippen molar-refractivity contribution >= 4 is 23.3 Å². The normalized spacial score (nSPS) is 16.8. The molecule has 1 saturated heterocycles. The fourth-order valence-electron chi connectivity index (χ4n) is 3.01. The zero-order chi connectivity index (χ0) is 17.5. The minimum Gasteiger partial charge on any atom is -0.370 e. The molecule has 1 fully saturated rings. The van der Waals surface area contributed by atoms with E-state index in [2.05, 4.69) is 30.4 Å². The number of aryl methyl sites for hydroxylation is 1. The van der Waals surface area contributed by atoms with E-state index < -0.39 is 0 Å². The Balaban J connectivity index is 1.66. The van der Waals surface area contributed by atoms with Crippen molar-refractivity contribution < 1.29 is 14.4 Å². The smallest absolute Gasteiger partial charge is 0.244 e. The zero-order valence-electron chi connectivity index (χ0n) is 14.5. The number of ether oxygens (including phenoxy) is 1. The van der Waals surface area contributed by atoms with Gasteiger partial charge in [-0.25, -0.2) is 0 Å². The van der Waals surface area contributed by atoms with E-state index in [0.29, 0.717) is 0 Å². The zero-order valence-corrected chi connectivity index (χ0v) is 15.4. The summed E-state index contributed by atoms with van der Waals surface area (Å²) < 4.78 is 5.44. The molecular formula is C20H25N2O2S+. The molecule has 1 atom stereocenters. The summed E-state index contributed by atoms with van der Waals surface area (Å²) in [5, 5.41) is 3.17. The first-order valence-corrected chi connectivity index (χ1v) is 9.53. The molecule has 4 nitrogen and oxygen atoms in total. The lowest BCUT2D eigenvalue weighted by Gasteiger charge is -2.28. The number of rotatable bonds is 6. The highest BCUT2D eigenvalue weighted by Gasteiger charge is 2.22. The predicted molar refractivity (Wildman–Crippen MR) is 102 cm³/mol. The molecule has 3 rings (SSSR count). The molecule has 2 N–H and O–H groups in total. The average molecular weight is 357 g/mol. The lowest BCUT2D eigenvalue weighted by molar-refractivity contribution is -0.909. The van der Waals surface area contributed by atoms with E-state index >= 15 is 0 Å².